The van der Waals surface area contributed by atoms with Gasteiger partial charge in [0, 0.05) is 17.5 Å². The Balaban J connectivity index is 1.42. The second-order valence-corrected chi connectivity index (χ2v) is 6.99. The number of methoxy groups -OCH3 is 1. The van der Waals surface area contributed by atoms with Crippen LogP contribution in [-0.4, -0.2) is 24.7 Å². The molecule has 31 heavy (non-hydrogen) atoms. The lowest BCUT2D eigenvalue weighted by atomic mass is 10.1. The molecule has 0 amide bonds. The van der Waals surface area contributed by atoms with Gasteiger partial charge in [-0.3, -0.25) is 0 Å². The molecule has 1 heterocycles. The van der Waals surface area contributed by atoms with Crippen molar-refractivity contribution in [2.75, 3.05) is 13.7 Å². The molecule has 0 N–H and O–H groups in total. The Bertz CT molecular complexity index is 1060. The summed E-state index contributed by atoms with van der Waals surface area (Å²) < 4.78 is 16.6. The average molecular weight is 413 g/mol. The van der Waals surface area contributed by atoms with Crippen molar-refractivity contribution >= 4 is 5.97 Å². The van der Waals surface area contributed by atoms with Crippen molar-refractivity contribution in [3.8, 4) is 28.3 Å². The fourth-order valence-electron chi connectivity index (χ4n) is 3.27. The number of aryl methyl sites for hydroxylation is 1. The van der Waals surface area contributed by atoms with E-state index in [9.17, 15) is 4.79 Å². The first-order chi connectivity index (χ1) is 15.2. The third-order valence-corrected chi connectivity index (χ3v) is 4.83. The highest BCUT2D eigenvalue weighted by atomic mass is 16.5. The van der Waals surface area contributed by atoms with Crippen molar-refractivity contribution < 1.29 is 18.7 Å². The number of hydrogen-bond donors (Lipinski definition) is 0. The number of carbonyl (C=O) groups is 1. The Morgan fingerprint density at radius 1 is 0.871 bits per heavy atom. The molecule has 0 aliphatic heterocycles. The van der Waals surface area contributed by atoms with E-state index in [0.717, 1.165) is 29.0 Å². The Morgan fingerprint density at radius 2 is 1.52 bits per heavy atom. The number of oxazole rings is 1. The van der Waals surface area contributed by atoms with Crippen LogP contribution in [0.15, 0.2) is 89.3 Å². The summed E-state index contributed by atoms with van der Waals surface area (Å²) in [5.41, 5.74) is 3.37. The van der Waals surface area contributed by atoms with Crippen LogP contribution in [0.1, 0.15) is 22.7 Å². The molecule has 0 unspecified atom stereocenters. The van der Waals surface area contributed by atoms with Gasteiger partial charge in [-0.15, -0.1) is 0 Å². The fraction of sp³-hybridized carbons (Fsp3) is 0.154. The normalized spacial score (nSPS) is 10.6. The molecule has 4 aromatic rings. The van der Waals surface area contributed by atoms with Crippen molar-refractivity contribution in [3.63, 3.8) is 0 Å². The molecule has 0 bridgehead atoms. The Kier molecular flexibility index (Phi) is 6.43. The largest absolute Gasteiger partial charge is 0.494 e. The van der Waals surface area contributed by atoms with E-state index in [1.165, 1.54) is 7.11 Å². The van der Waals surface area contributed by atoms with Crippen LogP contribution in [0.5, 0.6) is 5.75 Å². The van der Waals surface area contributed by atoms with E-state index >= 15 is 0 Å². The minimum atomic E-state index is -0.362. The van der Waals surface area contributed by atoms with E-state index in [0.29, 0.717) is 30.2 Å². The Hall–Kier alpha value is -3.86. The summed E-state index contributed by atoms with van der Waals surface area (Å²) in [7, 11) is 1.36. The van der Waals surface area contributed by atoms with Gasteiger partial charge in [0.05, 0.1) is 19.3 Å². The maximum Gasteiger partial charge on any atom is 0.337 e. The maximum atomic E-state index is 11.5. The van der Waals surface area contributed by atoms with E-state index in [1.807, 2.05) is 60.7 Å². The van der Waals surface area contributed by atoms with E-state index < -0.39 is 0 Å². The molecule has 0 atom stereocenters. The molecule has 1 aromatic heterocycles. The monoisotopic (exact) mass is 413 g/mol. The topological polar surface area (TPSA) is 61.6 Å². The van der Waals surface area contributed by atoms with Crippen LogP contribution in [-0.2, 0) is 11.2 Å². The third kappa shape index (κ3) is 5.01. The molecule has 4 rings (SSSR count). The van der Waals surface area contributed by atoms with Crippen LogP contribution in [0, 0.1) is 0 Å². The first-order valence-corrected chi connectivity index (χ1v) is 10.2. The van der Waals surface area contributed by atoms with Gasteiger partial charge in [0.25, 0.3) is 0 Å². The fourth-order valence-corrected chi connectivity index (χ4v) is 3.27. The van der Waals surface area contributed by atoms with Crippen molar-refractivity contribution in [2.24, 2.45) is 0 Å². The highest BCUT2D eigenvalue weighted by molar-refractivity contribution is 5.89. The molecule has 0 aliphatic rings. The first kappa shape index (κ1) is 20.4. The standard InChI is InChI=1S/C26H23NO4/c1-29-26(28)21-14-16-22(17-15-21)30-18-8-13-23-27-24(19-9-4-2-5-10-19)25(31-23)20-11-6-3-7-12-20/h2-7,9-12,14-17H,8,13,18H2,1H3. The minimum absolute atomic E-state index is 0.362. The number of hydrogen-bond acceptors (Lipinski definition) is 5. The highest BCUT2D eigenvalue weighted by Gasteiger charge is 2.16. The van der Waals surface area contributed by atoms with Crippen LogP contribution in [0.4, 0.5) is 0 Å². The number of benzene rings is 3. The van der Waals surface area contributed by atoms with Crippen LogP contribution in [0.25, 0.3) is 22.6 Å². The van der Waals surface area contributed by atoms with Gasteiger partial charge in [0.15, 0.2) is 11.7 Å². The van der Waals surface area contributed by atoms with Gasteiger partial charge in [0.2, 0.25) is 0 Å². The number of carbonyl (C=O) groups excluding carboxylic acids is 1. The third-order valence-electron chi connectivity index (χ3n) is 4.83. The summed E-state index contributed by atoms with van der Waals surface area (Å²) in [6.07, 6.45) is 1.41. The summed E-state index contributed by atoms with van der Waals surface area (Å²) in [5.74, 6) is 1.80. The number of rotatable bonds is 8. The first-order valence-electron chi connectivity index (χ1n) is 10.2. The predicted octanol–water partition coefficient (Wildman–Crippen LogP) is 5.81. The second kappa shape index (κ2) is 9.76. The van der Waals surface area contributed by atoms with E-state index in [1.54, 1.807) is 24.3 Å². The van der Waals surface area contributed by atoms with Crippen LogP contribution in [0.3, 0.4) is 0 Å². The van der Waals surface area contributed by atoms with Crippen LogP contribution in [0.2, 0.25) is 0 Å². The van der Waals surface area contributed by atoms with Crippen molar-refractivity contribution in [1.29, 1.82) is 0 Å². The zero-order valence-electron chi connectivity index (χ0n) is 17.3. The minimum Gasteiger partial charge on any atom is -0.494 e. The Labute approximate surface area is 181 Å². The van der Waals surface area contributed by atoms with Gasteiger partial charge in [0.1, 0.15) is 11.4 Å². The van der Waals surface area contributed by atoms with Crippen molar-refractivity contribution in [3.05, 3.63) is 96.4 Å². The molecule has 0 saturated heterocycles. The van der Waals surface area contributed by atoms with Crippen molar-refractivity contribution in [2.45, 2.75) is 12.8 Å². The Morgan fingerprint density at radius 3 is 2.16 bits per heavy atom. The predicted molar refractivity (Wildman–Crippen MR) is 119 cm³/mol. The molecule has 0 fully saturated rings. The molecular weight excluding hydrogens is 390 g/mol. The summed E-state index contributed by atoms with van der Waals surface area (Å²) in [6, 6.07) is 27.0. The number of aromatic nitrogens is 1. The van der Waals surface area contributed by atoms with Gasteiger partial charge in [-0.05, 0) is 30.7 Å². The van der Waals surface area contributed by atoms with E-state index in [-0.39, 0.29) is 5.97 Å². The maximum absolute atomic E-state index is 11.5. The quantitative estimate of drug-likeness (QED) is 0.270. The number of ether oxygens (including phenoxy) is 2. The SMILES string of the molecule is COC(=O)c1ccc(OCCCc2nc(-c3ccccc3)c(-c3ccccc3)o2)cc1. The molecule has 0 saturated carbocycles. The van der Waals surface area contributed by atoms with Crippen LogP contribution < -0.4 is 4.74 Å². The smallest absolute Gasteiger partial charge is 0.337 e. The van der Waals surface area contributed by atoms with Gasteiger partial charge in [-0.2, -0.15) is 0 Å². The molecule has 5 heteroatoms. The van der Waals surface area contributed by atoms with E-state index in [4.69, 9.17) is 18.9 Å². The number of nitrogens with zero attached hydrogens (tertiary/aromatic N) is 1. The van der Waals surface area contributed by atoms with Crippen molar-refractivity contribution in [1.82, 2.24) is 4.98 Å². The lowest BCUT2D eigenvalue weighted by Gasteiger charge is -2.06. The van der Waals surface area contributed by atoms with Crippen LogP contribution >= 0.6 is 0 Å². The lowest BCUT2D eigenvalue weighted by Crippen LogP contribution is -2.02. The average Bonchev–Trinajstić information content (AvgIpc) is 3.27. The zero-order valence-corrected chi connectivity index (χ0v) is 17.3. The van der Waals surface area contributed by atoms with Gasteiger partial charge in [-0.1, -0.05) is 60.7 Å². The summed E-state index contributed by atoms with van der Waals surface area (Å²) in [6.45, 7) is 0.515. The molecule has 3 aromatic carbocycles. The van der Waals surface area contributed by atoms with Gasteiger partial charge in [-0.25, -0.2) is 9.78 Å². The molecule has 5 nitrogen and oxygen atoms in total. The number of esters is 1. The second-order valence-electron chi connectivity index (χ2n) is 6.99. The van der Waals surface area contributed by atoms with Gasteiger partial charge >= 0.3 is 5.97 Å². The summed E-state index contributed by atoms with van der Waals surface area (Å²) >= 11 is 0. The lowest BCUT2D eigenvalue weighted by molar-refractivity contribution is 0.0600. The molecule has 0 spiro atoms. The summed E-state index contributed by atoms with van der Waals surface area (Å²) in [4.78, 5) is 16.3. The molecular formula is C26H23NO4. The van der Waals surface area contributed by atoms with E-state index in [2.05, 4.69) is 0 Å². The molecule has 0 radical (unpaired) electrons. The van der Waals surface area contributed by atoms with Gasteiger partial charge < -0.3 is 13.9 Å². The zero-order chi connectivity index (χ0) is 21.5. The molecule has 0 aliphatic carbocycles. The highest BCUT2D eigenvalue weighted by Crippen LogP contribution is 2.32. The summed E-state index contributed by atoms with van der Waals surface area (Å²) in [5, 5.41) is 0. The molecule has 156 valence electrons.